The van der Waals surface area contributed by atoms with Crippen LogP contribution >= 0.6 is 0 Å². The molecule has 0 aliphatic heterocycles. The van der Waals surface area contributed by atoms with E-state index in [0.29, 0.717) is 11.8 Å². The zero-order chi connectivity index (χ0) is 13.5. The summed E-state index contributed by atoms with van der Waals surface area (Å²) in [6.07, 6.45) is 3.66. The van der Waals surface area contributed by atoms with Crippen LogP contribution in [-0.4, -0.2) is 27.4 Å². The van der Waals surface area contributed by atoms with E-state index in [4.69, 9.17) is 0 Å². The van der Waals surface area contributed by atoms with Crippen LogP contribution in [0.3, 0.4) is 0 Å². The van der Waals surface area contributed by atoms with E-state index in [2.05, 4.69) is 12.2 Å². The van der Waals surface area contributed by atoms with Crippen molar-refractivity contribution in [1.82, 2.24) is 5.32 Å². The van der Waals surface area contributed by atoms with E-state index in [9.17, 15) is 9.32 Å². The van der Waals surface area contributed by atoms with E-state index in [-0.39, 0.29) is 5.25 Å². The van der Waals surface area contributed by atoms with Crippen molar-refractivity contribution in [3.63, 3.8) is 0 Å². The molecule has 0 spiro atoms. The van der Waals surface area contributed by atoms with Crippen molar-refractivity contribution in [2.24, 2.45) is 0 Å². The standard InChI is InChI=1S/C14H23NO2S/c1-4-14(12-5-7-13(16)8-6-12)15-10-9-11(2)18(3)17/h5-8,11,14-16H,4,9-10H2,1-3H3. The third-order valence-electron chi connectivity index (χ3n) is 3.21. The fourth-order valence-electron chi connectivity index (χ4n) is 1.83. The van der Waals surface area contributed by atoms with Gasteiger partial charge in [-0.2, -0.15) is 0 Å². The quantitative estimate of drug-likeness (QED) is 0.800. The predicted octanol–water partition coefficient (Wildman–Crippen LogP) is 2.59. The van der Waals surface area contributed by atoms with Gasteiger partial charge < -0.3 is 10.4 Å². The van der Waals surface area contributed by atoms with E-state index < -0.39 is 10.8 Å². The Hall–Kier alpha value is -0.870. The third-order valence-corrected chi connectivity index (χ3v) is 4.58. The molecule has 1 aromatic carbocycles. The highest BCUT2D eigenvalue weighted by molar-refractivity contribution is 7.84. The fourth-order valence-corrected chi connectivity index (χ4v) is 2.28. The molecule has 3 nitrogen and oxygen atoms in total. The minimum Gasteiger partial charge on any atom is -0.508 e. The lowest BCUT2D eigenvalue weighted by Gasteiger charge is -2.18. The van der Waals surface area contributed by atoms with Gasteiger partial charge in [-0.05, 0) is 37.1 Å². The van der Waals surface area contributed by atoms with Gasteiger partial charge in [0.1, 0.15) is 5.75 Å². The van der Waals surface area contributed by atoms with Gasteiger partial charge in [0.25, 0.3) is 0 Å². The Kier molecular flexibility index (Phi) is 6.36. The van der Waals surface area contributed by atoms with Crippen molar-refractivity contribution < 1.29 is 9.32 Å². The molecule has 3 unspecified atom stereocenters. The lowest BCUT2D eigenvalue weighted by molar-refractivity contribution is 0.472. The van der Waals surface area contributed by atoms with Crippen LogP contribution in [0.15, 0.2) is 24.3 Å². The summed E-state index contributed by atoms with van der Waals surface area (Å²) < 4.78 is 11.3. The van der Waals surface area contributed by atoms with Gasteiger partial charge in [-0.25, -0.2) is 0 Å². The molecule has 0 radical (unpaired) electrons. The number of hydrogen-bond acceptors (Lipinski definition) is 3. The van der Waals surface area contributed by atoms with E-state index in [1.54, 1.807) is 18.4 Å². The second-order valence-electron chi connectivity index (χ2n) is 4.60. The predicted molar refractivity (Wildman–Crippen MR) is 77.3 cm³/mol. The Morgan fingerprint density at radius 3 is 2.44 bits per heavy atom. The van der Waals surface area contributed by atoms with Crippen LogP contribution < -0.4 is 5.32 Å². The van der Waals surface area contributed by atoms with E-state index >= 15 is 0 Å². The lowest BCUT2D eigenvalue weighted by Crippen LogP contribution is -2.25. The van der Waals surface area contributed by atoms with Crippen LogP contribution in [-0.2, 0) is 10.8 Å². The molecule has 0 aromatic heterocycles. The molecule has 0 bridgehead atoms. The molecule has 1 rings (SSSR count). The average molecular weight is 269 g/mol. The van der Waals surface area contributed by atoms with Crippen LogP contribution in [0.4, 0.5) is 0 Å². The molecule has 102 valence electrons. The number of nitrogens with one attached hydrogen (secondary N) is 1. The smallest absolute Gasteiger partial charge is 0.115 e. The van der Waals surface area contributed by atoms with Crippen LogP contribution in [0.5, 0.6) is 5.75 Å². The van der Waals surface area contributed by atoms with E-state index in [0.717, 1.165) is 19.4 Å². The van der Waals surface area contributed by atoms with E-state index in [1.807, 2.05) is 19.1 Å². The zero-order valence-corrected chi connectivity index (χ0v) is 12.2. The van der Waals surface area contributed by atoms with Crippen molar-refractivity contribution in [2.75, 3.05) is 12.8 Å². The van der Waals surface area contributed by atoms with Crippen molar-refractivity contribution in [1.29, 1.82) is 0 Å². The molecule has 0 aliphatic carbocycles. The van der Waals surface area contributed by atoms with Gasteiger partial charge in [-0.3, -0.25) is 4.21 Å². The molecule has 0 fully saturated rings. The summed E-state index contributed by atoms with van der Waals surface area (Å²) in [5.74, 6) is 0.295. The maximum atomic E-state index is 11.3. The first-order valence-electron chi connectivity index (χ1n) is 6.39. The highest BCUT2D eigenvalue weighted by Gasteiger charge is 2.10. The molecule has 0 heterocycles. The second-order valence-corrected chi connectivity index (χ2v) is 6.41. The Morgan fingerprint density at radius 1 is 1.33 bits per heavy atom. The average Bonchev–Trinajstić information content (AvgIpc) is 2.35. The molecule has 2 N–H and O–H groups in total. The summed E-state index contributed by atoms with van der Waals surface area (Å²) >= 11 is 0. The SMILES string of the molecule is CCC(NCCC(C)S(C)=O)c1ccc(O)cc1. The number of phenolic OH excluding ortho intramolecular Hbond substituents is 1. The first-order chi connectivity index (χ1) is 8.54. The lowest BCUT2D eigenvalue weighted by atomic mass is 10.0. The number of phenols is 1. The number of rotatable bonds is 7. The van der Waals surface area contributed by atoms with Crippen LogP contribution in [0.25, 0.3) is 0 Å². The minimum absolute atomic E-state index is 0.231. The molecule has 0 amide bonds. The van der Waals surface area contributed by atoms with Gasteiger partial charge in [0.05, 0.1) is 0 Å². The third kappa shape index (κ3) is 4.78. The highest BCUT2D eigenvalue weighted by Crippen LogP contribution is 2.19. The van der Waals surface area contributed by atoms with Crippen molar-refractivity contribution in [2.45, 2.75) is 38.0 Å². The van der Waals surface area contributed by atoms with Crippen LogP contribution in [0.2, 0.25) is 0 Å². The summed E-state index contributed by atoms with van der Waals surface area (Å²) in [7, 11) is -0.748. The molecule has 0 saturated carbocycles. The van der Waals surface area contributed by atoms with Crippen LogP contribution in [0, 0.1) is 0 Å². The molecular formula is C14H23NO2S. The largest absolute Gasteiger partial charge is 0.508 e. The normalized spacial score (nSPS) is 16.2. The summed E-state index contributed by atoms with van der Waals surface area (Å²) in [6.45, 7) is 5.01. The van der Waals surface area contributed by atoms with Gasteiger partial charge in [0.2, 0.25) is 0 Å². The molecule has 1 aromatic rings. The van der Waals surface area contributed by atoms with Gasteiger partial charge in [-0.1, -0.05) is 26.0 Å². The Morgan fingerprint density at radius 2 is 1.94 bits per heavy atom. The topological polar surface area (TPSA) is 49.3 Å². The van der Waals surface area contributed by atoms with Crippen molar-refractivity contribution >= 4 is 10.8 Å². The number of hydrogen-bond donors (Lipinski definition) is 2. The minimum atomic E-state index is -0.748. The first-order valence-corrected chi connectivity index (χ1v) is 8.01. The molecule has 4 heteroatoms. The van der Waals surface area contributed by atoms with E-state index in [1.165, 1.54) is 5.56 Å². The monoisotopic (exact) mass is 269 g/mol. The molecule has 18 heavy (non-hydrogen) atoms. The number of benzene rings is 1. The van der Waals surface area contributed by atoms with Gasteiger partial charge in [-0.15, -0.1) is 0 Å². The molecule has 0 aliphatic rings. The summed E-state index contributed by atoms with van der Waals surface area (Å²) in [6, 6.07) is 7.60. The van der Waals surface area contributed by atoms with Crippen molar-refractivity contribution in [3.8, 4) is 5.75 Å². The highest BCUT2D eigenvalue weighted by atomic mass is 32.2. The molecule has 0 saturated heterocycles. The Labute approximate surface area is 112 Å². The number of aromatic hydroxyl groups is 1. The van der Waals surface area contributed by atoms with Gasteiger partial charge in [0.15, 0.2) is 0 Å². The van der Waals surface area contributed by atoms with Crippen molar-refractivity contribution in [3.05, 3.63) is 29.8 Å². The van der Waals surface area contributed by atoms with Gasteiger partial charge >= 0.3 is 0 Å². The maximum absolute atomic E-state index is 11.3. The maximum Gasteiger partial charge on any atom is 0.115 e. The summed E-state index contributed by atoms with van der Waals surface area (Å²) in [5, 5.41) is 13.0. The molecule has 3 atom stereocenters. The second kappa shape index (κ2) is 7.54. The first kappa shape index (κ1) is 15.2. The van der Waals surface area contributed by atoms with Crippen LogP contribution in [0.1, 0.15) is 38.3 Å². The summed E-state index contributed by atoms with van der Waals surface area (Å²) in [4.78, 5) is 0. The molecular weight excluding hydrogens is 246 g/mol. The summed E-state index contributed by atoms with van der Waals surface area (Å²) in [5.41, 5.74) is 1.18. The Bertz CT molecular complexity index is 378. The van der Waals surface area contributed by atoms with Gasteiger partial charge in [0, 0.05) is 28.3 Å². The fraction of sp³-hybridized carbons (Fsp3) is 0.571. The Balaban J connectivity index is 2.47. The zero-order valence-electron chi connectivity index (χ0n) is 11.3.